The normalized spacial score (nSPS) is 25.0. The van der Waals surface area contributed by atoms with Crippen molar-refractivity contribution in [3.8, 4) is 5.75 Å². The number of phenolic OH excluding ortho intramolecular Hbond substituents is 1. The Labute approximate surface area is 220 Å². The Hall–Kier alpha value is -3.82. The molecule has 0 radical (unpaired) electrons. The third kappa shape index (κ3) is 4.75. The smallest absolute Gasteiger partial charge is 0.423 e. The summed E-state index contributed by atoms with van der Waals surface area (Å²) in [6.45, 7) is 0.619. The summed E-state index contributed by atoms with van der Waals surface area (Å²) < 4.78 is 16.4. The average molecular weight is 519 g/mol. The number of aromatic hydroxyl groups is 1. The van der Waals surface area contributed by atoms with Crippen LogP contribution in [-0.4, -0.2) is 66.4 Å². The van der Waals surface area contributed by atoms with Crippen LogP contribution in [0.2, 0.25) is 0 Å². The average Bonchev–Trinajstić information content (AvgIpc) is 3.46. The molecule has 1 N–H and O–H groups in total. The molecule has 2 saturated heterocycles. The second-order valence-electron chi connectivity index (χ2n) is 9.75. The van der Waals surface area contributed by atoms with Crippen molar-refractivity contribution in [2.24, 2.45) is 17.8 Å². The minimum Gasteiger partial charge on any atom is -0.508 e. The van der Waals surface area contributed by atoms with Crippen LogP contribution >= 0.6 is 0 Å². The summed E-state index contributed by atoms with van der Waals surface area (Å²) in [7, 11) is 2.76. The molecule has 2 fully saturated rings. The van der Waals surface area contributed by atoms with Crippen LogP contribution in [0.15, 0.2) is 59.8 Å². The Morgan fingerprint density at radius 2 is 1.92 bits per heavy atom. The number of hydrogen-bond acceptors (Lipinski definition) is 8. The molecule has 5 rings (SSSR count). The molecule has 1 aromatic heterocycles. The van der Waals surface area contributed by atoms with Crippen molar-refractivity contribution in [2.45, 2.75) is 25.4 Å². The van der Waals surface area contributed by atoms with Crippen molar-refractivity contribution >= 4 is 29.6 Å². The molecule has 0 spiro atoms. The van der Waals surface area contributed by atoms with Gasteiger partial charge in [-0.1, -0.05) is 18.2 Å². The highest BCUT2D eigenvalue weighted by Crippen LogP contribution is 2.50. The number of aromatic nitrogens is 1. The molecule has 2 aromatic rings. The van der Waals surface area contributed by atoms with Crippen molar-refractivity contribution in [3.63, 3.8) is 0 Å². The standard InChI is InChI=1S/C29H30N2O7/c1-36-15-19-14-21-26(28(34)31(27(21)33)29(35)37-2)22-16-38-24(25(19)22)11-8-18(23-5-3-4-12-30-23)13-17-6-9-20(32)10-7-17/h3-7,9-10,12-13,21-22,24,26,32H,8,11,14-16H2,1-2H3/b18-13-/t21-,22+,24-,26-/m1/s1. The first kappa shape index (κ1) is 25.8. The number of hydrogen-bond donors (Lipinski definition) is 1. The number of likely N-dealkylation sites (tertiary alicyclic amines) is 1. The number of phenols is 1. The van der Waals surface area contributed by atoms with Gasteiger partial charge in [-0.15, -0.1) is 0 Å². The molecule has 38 heavy (non-hydrogen) atoms. The first-order valence-corrected chi connectivity index (χ1v) is 12.6. The summed E-state index contributed by atoms with van der Waals surface area (Å²) in [6, 6.07) is 12.7. The van der Waals surface area contributed by atoms with E-state index in [9.17, 15) is 19.5 Å². The van der Waals surface area contributed by atoms with Crippen LogP contribution in [0.25, 0.3) is 11.6 Å². The number of imide groups is 3. The number of carbonyl (C=O) groups excluding carboxylic acids is 3. The van der Waals surface area contributed by atoms with Crippen LogP contribution in [-0.2, 0) is 23.8 Å². The van der Waals surface area contributed by atoms with Gasteiger partial charge in [0.15, 0.2) is 0 Å². The topological polar surface area (TPSA) is 115 Å². The minimum atomic E-state index is -0.945. The molecule has 2 aliphatic heterocycles. The lowest BCUT2D eigenvalue weighted by Gasteiger charge is -2.31. The summed E-state index contributed by atoms with van der Waals surface area (Å²) in [6.07, 6.45) is 4.22. The number of amides is 3. The lowest BCUT2D eigenvalue weighted by molar-refractivity contribution is -0.137. The van der Waals surface area contributed by atoms with Gasteiger partial charge in [-0.3, -0.25) is 14.6 Å². The van der Waals surface area contributed by atoms with E-state index in [4.69, 9.17) is 14.2 Å². The van der Waals surface area contributed by atoms with Crippen LogP contribution in [0, 0.1) is 17.8 Å². The van der Waals surface area contributed by atoms with E-state index >= 15 is 0 Å². The maximum atomic E-state index is 13.2. The van der Waals surface area contributed by atoms with E-state index in [1.54, 1.807) is 25.4 Å². The van der Waals surface area contributed by atoms with E-state index in [0.717, 1.165) is 35.1 Å². The number of benzene rings is 1. The molecule has 4 atom stereocenters. The molecule has 0 unspecified atom stereocenters. The molecule has 3 aliphatic rings. The predicted molar refractivity (Wildman–Crippen MR) is 137 cm³/mol. The summed E-state index contributed by atoms with van der Waals surface area (Å²) in [4.78, 5) is 43.6. The van der Waals surface area contributed by atoms with Gasteiger partial charge < -0.3 is 19.3 Å². The predicted octanol–water partition coefficient (Wildman–Crippen LogP) is 3.84. The Balaban J connectivity index is 1.42. The molecular weight excluding hydrogens is 488 g/mol. The zero-order chi connectivity index (χ0) is 26.8. The van der Waals surface area contributed by atoms with Crippen LogP contribution in [0.3, 0.4) is 0 Å². The highest BCUT2D eigenvalue weighted by atomic mass is 16.5. The van der Waals surface area contributed by atoms with Crippen LogP contribution in [0.5, 0.6) is 5.75 Å². The van der Waals surface area contributed by atoms with Gasteiger partial charge in [0, 0.05) is 19.2 Å². The highest BCUT2D eigenvalue weighted by molar-refractivity contribution is 6.16. The van der Waals surface area contributed by atoms with Crippen molar-refractivity contribution in [1.82, 2.24) is 9.88 Å². The molecule has 1 aliphatic carbocycles. The van der Waals surface area contributed by atoms with Crippen LogP contribution < -0.4 is 0 Å². The lowest BCUT2D eigenvalue weighted by Crippen LogP contribution is -2.38. The maximum absolute atomic E-state index is 13.2. The summed E-state index contributed by atoms with van der Waals surface area (Å²) in [5.41, 5.74) is 4.75. The van der Waals surface area contributed by atoms with Gasteiger partial charge in [-0.2, -0.15) is 4.90 Å². The molecule has 1 aromatic carbocycles. The van der Waals surface area contributed by atoms with E-state index in [2.05, 4.69) is 4.98 Å². The van der Waals surface area contributed by atoms with Crippen molar-refractivity contribution in [3.05, 3.63) is 71.1 Å². The zero-order valence-electron chi connectivity index (χ0n) is 21.3. The second kappa shape index (κ2) is 10.9. The quantitative estimate of drug-likeness (QED) is 0.434. The van der Waals surface area contributed by atoms with E-state index in [-0.39, 0.29) is 17.8 Å². The molecular formula is C29H30N2O7. The Morgan fingerprint density at radius 3 is 2.61 bits per heavy atom. The summed E-state index contributed by atoms with van der Waals surface area (Å²) in [5, 5.41) is 9.66. The fourth-order valence-corrected chi connectivity index (χ4v) is 5.94. The SMILES string of the molecule is COCC1=C2[C@@H](CC/C(=C/c3ccc(O)cc3)c3ccccn3)OC[C@@H]2[C@@H]2C(=O)N(C(=O)OC)C(=O)[C@@H]2C1. The largest absolute Gasteiger partial charge is 0.508 e. The molecule has 0 saturated carbocycles. The van der Waals surface area contributed by atoms with Gasteiger partial charge in [-0.05, 0) is 71.9 Å². The molecule has 9 nitrogen and oxygen atoms in total. The summed E-state index contributed by atoms with van der Waals surface area (Å²) in [5.74, 6) is -2.40. The number of pyridine rings is 1. The fraction of sp³-hybridized carbons (Fsp3) is 0.379. The number of nitrogens with zero attached hydrogens (tertiary/aromatic N) is 2. The van der Waals surface area contributed by atoms with Gasteiger partial charge in [0.1, 0.15) is 5.75 Å². The maximum Gasteiger partial charge on any atom is 0.423 e. The zero-order valence-corrected chi connectivity index (χ0v) is 21.3. The number of methoxy groups -OCH3 is 2. The van der Waals surface area contributed by atoms with E-state index in [0.29, 0.717) is 37.4 Å². The molecule has 0 bridgehead atoms. The highest BCUT2D eigenvalue weighted by Gasteiger charge is 2.58. The molecule has 3 amide bonds. The van der Waals surface area contributed by atoms with E-state index in [1.807, 2.05) is 36.4 Å². The number of allylic oxidation sites excluding steroid dienone is 1. The van der Waals surface area contributed by atoms with Gasteiger partial charge in [0.05, 0.1) is 44.0 Å². The van der Waals surface area contributed by atoms with E-state index < -0.39 is 29.7 Å². The number of carbonyl (C=O) groups is 3. The van der Waals surface area contributed by atoms with Gasteiger partial charge in [0.2, 0.25) is 11.8 Å². The number of ether oxygens (including phenoxy) is 3. The second-order valence-corrected chi connectivity index (χ2v) is 9.75. The first-order valence-electron chi connectivity index (χ1n) is 12.6. The van der Waals surface area contributed by atoms with Crippen molar-refractivity contribution < 1.29 is 33.7 Å². The van der Waals surface area contributed by atoms with Gasteiger partial charge in [-0.25, -0.2) is 4.79 Å². The monoisotopic (exact) mass is 518 g/mol. The van der Waals surface area contributed by atoms with Crippen molar-refractivity contribution in [1.29, 1.82) is 0 Å². The van der Waals surface area contributed by atoms with Crippen LogP contribution in [0.1, 0.15) is 30.5 Å². The van der Waals surface area contributed by atoms with Crippen LogP contribution in [0.4, 0.5) is 4.79 Å². The number of rotatable bonds is 7. The van der Waals surface area contributed by atoms with Gasteiger partial charge >= 0.3 is 6.09 Å². The number of fused-ring (bicyclic) bond motifs is 3. The molecule has 3 heterocycles. The summed E-state index contributed by atoms with van der Waals surface area (Å²) >= 11 is 0. The van der Waals surface area contributed by atoms with E-state index in [1.165, 1.54) is 0 Å². The lowest BCUT2D eigenvalue weighted by atomic mass is 9.69. The van der Waals surface area contributed by atoms with Gasteiger partial charge in [0.25, 0.3) is 0 Å². The molecule has 198 valence electrons. The minimum absolute atomic E-state index is 0.200. The Bertz CT molecular complexity index is 1290. The fourth-order valence-electron chi connectivity index (χ4n) is 5.94. The first-order chi connectivity index (χ1) is 18.4. The third-order valence-electron chi connectivity index (χ3n) is 7.59. The van der Waals surface area contributed by atoms with Crippen molar-refractivity contribution in [2.75, 3.05) is 27.4 Å². The molecule has 9 heteroatoms. The Kier molecular flexibility index (Phi) is 7.40. The third-order valence-corrected chi connectivity index (χ3v) is 7.59. The Morgan fingerprint density at radius 1 is 1.13 bits per heavy atom.